The van der Waals surface area contributed by atoms with Crippen molar-refractivity contribution in [1.82, 2.24) is 5.32 Å². The van der Waals surface area contributed by atoms with Crippen molar-refractivity contribution in [2.24, 2.45) is 0 Å². The Bertz CT molecular complexity index is 922. The molecule has 0 saturated carbocycles. The van der Waals surface area contributed by atoms with E-state index in [1.807, 2.05) is 0 Å². The molecule has 2 rings (SSSR count). The van der Waals surface area contributed by atoms with Crippen LogP contribution in [0.15, 0.2) is 42.5 Å². The van der Waals surface area contributed by atoms with E-state index in [0.717, 1.165) is 6.07 Å². The fourth-order valence-corrected chi connectivity index (χ4v) is 2.80. The summed E-state index contributed by atoms with van der Waals surface area (Å²) in [6.45, 7) is -1.52. The molecule has 0 fully saturated rings. The van der Waals surface area contributed by atoms with Crippen LogP contribution in [0.25, 0.3) is 0 Å². The first kappa shape index (κ1) is 24.3. The van der Waals surface area contributed by atoms with Gasteiger partial charge in [-0.1, -0.05) is 23.7 Å². The monoisotopic (exact) mass is 461 g/mol. The number of halogens is 4. The number of alkyl halides is 3. The van der Waals surface area contributed by atoms with Gasteiger partial charge in [0.15, 0.2) is 6.61 Å². The zero-order valence-electron chi connectivity index (χ0n) is 16.2. The first-order valence-corrected chi connectivity index (χ1v) is 9.23. The molecule has 31 heavy (non-hydrogen) atoms. The van der Waals surface area contributed by atoms with Gasteiger partial charge in [-0.15, -0.1) is 0 Å². The van der Waals surface area contributed by atoms with Gasteiger partial charge in [0, 0.05) is 11.6 Å². The first-order chi connectivity index (χ1) is 14.6. The van der Waals surface area contributed by atoms with Gasteiger partial charge in [0.2, 0.25) is 0 Å². The number of ether oxygens (including phenoxy) is 3. The van der Waals surface area contributed by atoms with Crippen molar-refractivity contribution in [3.63, 3.8) is 0 Å². The lowest BCUT2D eigenvalue weighted by Gasteiger charge is -2.21. The maximum Gasteiger partial charge on any atom is 0.422 e. The highest BCUT2D eigenvalue weighted by atomic mass is 35.5. The Morgan fingerprint density at radius 1 is 1.16 bits per heavy atom. The molecule has 2 aromatic carbocycles. The summed E-state index contributed by atoms with van der Waals surface area (Å²) < 4.78 is 52.6. The fraction of sp³-hybridized carbons (Fsp3) is 0.300. The molecule has 0 aromatic heterocycles. The largest absolute Gasteiger partial charge is 0.484 e. The van der Waals surface area contributed by atoms with E-state index in [-0.39, 0.29) is 30.0 Å². The Morgan fingerprint density at radius 2 is 1.90 bits per heavy atom. The topological polar surface area (TPSA) is 94.1 Å². The molecule has 1 amide bonds. The molecule has 0 aliphatic heterocycles. The number of alkyl carbamates (subject to hydrolysis) is 1. The molecule has 2 N–H and O–H groups in total. The summed E-state index contributed by atoms with van der Waals surface area (Å²) in [6, 6.07) is 10.0. The van der Waals surface area contributed by atoms with E-state index in [1.165, 1.54) is 19.2 Å². The van der Waals surface area contributed by atoms with Crippen molar-refractivity contribution in [2.45, 2.75) is 12.3 Å². The maximum atomic E-state index is 12.5. The molecule has 0 spiro atoms. The molecule has 0 bridgehead atoms. The van der Waals surface area contributed by atoms with E-state index in [0.29, 0.717) is 10.6 Å². The van der Waals surface area contributed by atoms with Crippen LogP contribution in [0.1, 0.15) is 27.6 Å². The zero-order valence-corrected chi connectivity index (χ0v) is 17.0. The molecule has 0 radical (unpaired) electrons. The lowest BCUT2D eigenvalue weighted by atomic mass is 9.99. The molecule has 0 heterocycles. The highest BCUT2D eigenvalue weighted by molar-refractivity contribution is 6.30. The molecular formula is C20H19ClF3NO6. The van der Waals surface area contributed by atoms with Crippen LogP contribution in [0.4, 0.5) is 18.0 Å². The fourth-order valence-electron chi connectivity index (χ4n) is 2.60. The predicted molar refractivity (Wildman–Crippen MR) is 105 cm³/mol. The van der Waals surface area contributed by atoms with Crippen LogP contribution >= 0.6 is 11.6 Å². The Morgan fingerprint density at radius 3 is 2.52 bits per heavy atom. The second-order valence-electron chi connectivity index (χ2n) is 6.22. The van der Waals surface area contributed by atoms with Crippen LogP contribution in [0.5, 0.6) is 5.75 Å². The average molecular weight is 462 g/mol. The first-order valence-electron chi connectivity index (χ1n) is 8.86. The van der Waals surface area contributed by atoms with Gasteiger partial charge in [-0.25, -0.2) is 9.59 Å². The Hall–Kier alpha value is -2.98. The minimum absolute atomic E-state index is 0.0116. The van der Waals surface area contributed by atoms with Gasteiger partial charge in [0.25, 0.3) is 0 Å². The minimum atomic E-state index is -4.60. The van der Waals surface area contributed by atoms with Gasteiger partial charge in [-0.05, 0) is 41.5 Å². The minimum Gasteiger partial charge on any atom is -0.484 e. The summed E-state index contributed by atoms with van der Waals surface area (Å²) in [4.78, 5) is 22.7. The maximum absolute atomic E-state index is 12.5. The van der Waals surface area contributed by atoms with Crippen molar-refractivity contribution < 1.29 is 42.1 Å². The lowest BCUT2D eigenvalue weighted by molar-refractivity contribution is -0.153. The summed E-state index contributed by atoms with van der Waals surface area (Å²) in [5.74, 6) is -1.63. The summed E-state index contributed by atoms with van der Waals surface area (Å²) in [5, 5.41) is 12.2. The molecule has 0 aliphatic carbocycles. The van der Waals surface area contributed by atoms with Crippen LogP contribution < -0.4 is 10.1 Å². The van der Waals surface area contributed by atoms with Gasteiger partial charge < -0.3 is 24.6 Å². The quantitative estimate of drug-likeness (QED) is 0.536. The number of hydrogen-bond donors (Lipinski definition) is 2. The van der Waals surface area contributed by atoms with E-state index >= 15 is 0 Å². The molecule has 1 unspecified atom stereocenters. The third-order valence-electron chi connectivity index (χ3n) is 3.87. The Balaban J connectivity index is 2.37. The van der Waals surface area contributed by atoms with Gasteiger partial charge in [0.05, 0.1) is 19.3 Å². The molecule has 2 aromatic rings. The standard InChI is InChI=1S/C20H19ClF3NO6/c1-29-19(28)25-5-6-30-17(12-3-2-4-15(21)8-12)13-7-14(18(26)27)10-16(9-13)31-11-20(22,23)24/h2-4,7-10,17H,5-6,11H2,1H3,(H,25,28)(H,26,27). The van der Waals surface area contributed by atoms with Gasteiger partial charge in [0.1, 0.15) is 11.9 Å². The number of carbonyl (C=O) groups is 2. The highest BCUT2D eigenvalue weighted by Crippen LogP contribution is 2.32. The van der Waals surface area contributed by atoms with E-state index in [4.69, 9.17) is 21.1 Å². The number of amides is 1. The number of carboxylic acid groups (broad SMARTS) is 1. The summed E-state index contributed by atoms with van der Waals surface area (Å²) in [7, 11) is 1.20. The molecule has 7 nitrogen and oxygen atoms in total. The zero-order chi connectivity index (χ0) is 23.0. The van der Waals surface area contributed by atoms with Crippen molar-refractivity contribution in [3.8, 4) is 5.75 Å². The third kappa shape index (κ3) is 7.99. The second kappa shape index (κ2) is 10.9. The van der Waals surface area contributed by atoms with E-state index in [9.17, 15) is 27.9 Å². The molecule has 11 heteroatoms. The van der Waals surface area contributed by atoms with Crippen molar-refractivity contribution >= 4 is 23.7 Å². The van der Waals surface area contributed by atoms with E-state index in [2.05, 4.69) is 10.1 Å². The van der Waals surface area contributed by atoms with Crippen molar-refractivity contribution in [3.05, 3.63) is 64.2 Å². The number of nitrogens with one attached hydrogen (secondary N) is 1. The van der Waals surface area contributed by atoms with E-state index in [1.54, 1.807) is 24.3 Å². The smallest absolute Gasteiger partial charge is 0.422 e. The van der Waals surface area contributed by atoms with Gasteiger partial charge in [-0.3, -0.25) is 0 Å². The highest BCUT2D eigenvalue weighted by Gasteiger charge is 2.29. The third-order valence-corrected chi connectivity index (χ3v) is 4.11. The van der Waals surface area contributed by atoms with E-state index < -0.39 is 30.9 Å². The number of carbonyl (C=O) groups excluding carboxylic acids is 1. The SMILES string of the molecule is COC(=O)NCCOC(c1cccc(Cl)c1)c1cc(OCC(F)(F)F)cc(C(=O)O)c1. The summed E-state index contributed by atoms with van der Waals surface area (Å²) >= 11 is 6.04. The van der Waals surface area contributed by atoms with Crippen LogP contribution in [0, 0.1) is 0 Å². The Labute approximate surface area is 180 Å². The Kier molecular flexibility index (Phi) is 8.52. The predicted octanol–water partition coefficient (Wildman–Crippen LogP) is 4.44. The normalized spacial score (nSPS) is 12.2. The summed E-state index contributed by atoms with van der Waals surface area (Å²) in [5.41, 5.74) is 0.477. The number of hydrogen-bond acceptors (Lipinski definition) is 5. The second-order valence-corrected chi connectivity index (χ2v) is 6.66. The summed E-state index contributed by atoms with van der Waals surface area (Å²) in [6.07, 6.45) is -6.16. The number of rotatable bonds is 9. The van der Waals surface area contributed by atoms with Crippen LogP contribution in [0.3, 0.4) is 0 Å². The number of aromatic carboxylic acids is 1. The van der Waals surface area contributed by atoms with Crippen LogP contribution in [-0.4, -0.2) is 50.2 Å². The van der Waals surface area contributed by atoms with Crippen LogP contribution in [0.2, 0.25) is 5.02 Å². The number of carboxylic acids is 1. The van der Waals surface area contributed by atoms with Crippen LogP contribution in [-0.2, 0) is 9.47 Å². The van der Waals surface area contributed by atoms with Crippen molar-refractivity contribution in [2.75, 3.05) is 26.9 Å². The molecular weight excluding hydrogens is 443 g/mol. The van der Waals surface area contributed by atoms with Gasteiger partial charge >= 0.3 is 18.2 Å². The van der Waals surface area contributed by atoms with Crippen molar-refractivity contribution in [1.29, 1.82) is 0 Å². The molecule has 0 aliphatic rings. The van der Waals surface area contributed by atoms with Gasteiger partial charge in [-0.2, -0.15) is 13.2 Å². The molecule has 1 atom stereocenters. The number of benzene rings is 2. The lowest BCUT2D eigenvalue weighted by Crippen LogP contribution is -2.27. The molecule has 0 saturated heterocycles. The average Bonchev–Trinajstić information content (AvgIpc) is 2.71. The molecule has 168 valence electrons. The number of methoxy groups -OCH3 is 1.